The number of hydrogen-bond acceptors (Lipinski definition) is 6. The Labute approximate surface area is 165 Å². The summed E-state index contributed by atoms with van der Waals surface area (Å²) < 4.78 is 5.10. The van der Waals surface area contributed by atoms with Gasteiger partial charge in [0.1, 0.15) is 5.75 Å². The van der Waals surface area contributed by atoms with Crippen molar-refractivity contribution in [1.29, 1.82) is 0 Å². The molecule has 1 aromatic carbocycles. The van der Waals surface area contributed by atoms with E-state index in [1.807, 2.05) is 29.0 Å². The van der Waals surface area contributed by atoms with Crippen LogP contribution in [0.1, 0.15) is 11.1 Å². The average Bonchev–Trinajstić information content (AvgIpc) is 3.26. The fraction of sp³-hybridized carbons (Fsp3) is 0.211. The molecule has 0 radical (unpaired) electrons. The number of imide groups is 1. The maximum atomic E-state index is 12.5. The number of carbonyl (C=O) groups is 3. The molecule has 27 heavy (non-hydrogen) atoms. The van der Waals surface area contributed by atoms with E-state index in [0.29, 0.717) is 11.3 Å². The van der Waals surface area contributed by atoms with Crippen LogP contribution in [0, 0.1) is 0 Å². The molecule has 2 heterocycles. The Hall–Kier alpha value is -2.58. The predicted molar refractivity (Wildman–Crippen MR) is 107 cm³/mol. The van der Waals surface area contributed by atoms with Crippen molar-refractivity contribution in [3.05, 3.63) is 57.1 Å². The van der Waals surface area contributed by atoms with Gasteiger partial charge in [-0.25, -0.2) is 0 Å². The van der Waals surface area contributed by atoms with Crippen molar-refractivity contribution in [2.24, 2.45) is 0 Å². The van der Waals surface area contributed by atoms with Crippen LogP contribution < -0.4 is 10.1 Å². The topological polar surface area (TPSA) is 75.7 Å². The molecule has 0 atom stereocenters. The van der Waals surface area contributed by atoms with Crippen molar-refractivity contribution in [3.63, 3.8) is 0 Å². The first-order chi connectivity index (χ1) is 13.1. The molecule has 0 spiro atoms. The SMILES string of the molecule is COc1ccc(C=C2SC(=O)N(CCNC(=O)Cc3ccsc3)C2=O)cc1. The van der Waals surface area contributed by atoms with E-state index in [4.69, 9.17) is 4.74 Å². The van der Waals surface area contributed by atoms with Gasteiger partial charge in [0.25, 0.3) is 11.1 Å². The van der Waals surface area contributed by atoms with Crippen LogP contribution in [0.25, 0.3) is 6.08 Å². The van der Waals surface area contributed by atoms with Crippen molar-refractivity contribution < 1.29 is 19.1 Å². The molecular weight excluding hydrogens is 384 g/mol. The molecule has 1 saturated heterocycles. The quantitative estimate of drug-likeness (QED) is 0.720. The third kappa shape index (κ3) is 4.99. The molecule has 1 fully saturated rings. The van der Waals surface area contributed by atoms with E-state index < -0.39 is 0 Å². The number of thiophene rings is 1. The summed E-state index contributed by atoms with van der Waals surface area (Å²) in [6, 6.07) is 9.11. The van der Waals surface area contributed by atoms with Gasteiger partial charge in [-0.05, 0) is 57.9 Å². The van der Waals surface area contributed by atoms with Crippen LogP contribution >= 0.6 is 23.1 Å². The highest BCUT2D eigenvalue weighted by atomic mass is 32.2. The largest absolute Gasteiger partial charge is 0.497 e. The molecule has 6 nitrogen and oxygen atoms in total. The highest BCUT2D eigenvalue weighted by Crippen LogP contribution is 2.32. The molecule has 1 N–H and O–H groups in total. The molecule has 0 aliphatic carbocycles. The molecule has 1 aromatic heterocycles. The molecule has 3 amide bonds. The van der Waals surface area contributed by atoms with Crippen molar-refractivity contribution in [3.8, 4) is 5.75 Å². The highest BCUT2D eigenvalue weighted by Gasteiger charge is 2.34. The lowest BCUT2D eigenvalue weighted by molar-refractivity contribution is -0.124. The number of nitrogens with one attached hydrogen (secondary N) is 1. The van der Waals surface area contributed by atoms with Gasteiger partial charge >= 0.3 is 0 Å². The lowest BCUT2D eigenvalue weighted by Gasteiger charge is -2.12. The van der Waals surface area contributed by atoms with Gasteiger partial charge in [-0.15, -0.1) is 0 Å². The van der Waals surface area contributed by atoms with Crippen LogP contribution in [0.15, 0.2) is 46.0 Å². The molecule has 1 aliphatic rings. The summed E-state index contributed by atoms with van der Waals surface area (Å²) in [4.78, 5) is 38.0. The van der Waals surface area contributed by atoms with Gasteiger partial charge in [-0.1, -0.05) is 12.1 Å². The number of amides is 3. The summed E-state index contributed by atoms with van der Waals surface area (Å²) in [5, 5.41) is 6.25. The summed E-state index contributed by atoms with van der Waals surface area (Å²) in [6.45, 7) is 0.386. The molecule has 0 unspecified atom stereocenters. The van der Waals surface area contributed by atoms with Crippen molar-refractivity contribution in [2.45, 2.75) is 6.42 Å². The maximum Gasteiger partial charge on any atom is 0.293 e. The zero-order valence-corrected chi connectivity index (χ0v) is 16.3. The van der Waals surface area contributed by atoms with E-state index in [-0.39, 0.29) is 30.1 Å². The standard InChI is InChI=1S/C19H18N2O4S2/c1-25-15-4-2-13(3-5-15)10-16-18(23)21(19(24)27-16)8-7-20-17(22)11-14-6-9-26-12-14/h2-6,9-10,12H,7-8,11H2,1H3,(H,20,22). The minimum absolute atomic E-state index is 0.130. The second-order valence-electron chi connectivity index (χ2n) is 5.76. The zero-order valence-electron chi connectivity index (χ0n) is 14.6. The van der Waals surface area contributed by atoms with Gasteiger partial charge in [-0.2, -0.15) is 11.3 Å². The van der Waals surface area contributed by atoms with Gasteiger partial charge in [0.05, 0.1) is 18.4 Å². The normalized spacial score (nSPS) is 15.4. The van der Waals surface area contributed by atoms with Gasteiger partial charge in [-0.3, -0.25) is 19.3 Å². The fourth-order valence-electron chi connectivity index (χ4n) is 2.49. The molecule has 3 rings (SSSR count). The number of ether oxygens (including phenoxy) is 1. The Kier molecular flexibility index (Phi) is 6.31. The van der Waals surface area contributed by atoms with Gasteiger partial charge < -0.3 is 10.1 Å². The van der Waals surface area contributed by atoms with Crippen LogP contribution in [0.5, 0.6) is 5.75 Å². The van der Waals surface area contributed by atoms with E-state index in [1.54, 1.807) is 25.3 Å². The number of carbonyl (C=O) groups excluding carboxylic acids is 3. The van der Waals surface area contributed by atoms with Crippen molar-refractivity contribution in [2.75, 3.05) is 20.2 Å². The third-order valence-electron chi connectivity index (χ3n) is 3.89. The first-order valence-corrected chi connectivity index (χ1v) is 10.00. The van der Waals surface area contributed by atoms with Crippen LogP contribution in [-0.4, -0.2) is 42.2 Å². The second-order valence-corrected chi connectivity index (χ2v) is 7.54. The third-order valence-corrected chi connectivity index (χ3v) is 5.53. The minimum atomic E-state index is -0.340. The average molecular weight is 402 g/mol. The van der Waals surface area contributed by atoms with E-state index in [9.17, 15) is 14.4 Å². The van der Waals surface area contributed by atoms with Crippen molar-refractivity contribution in [1.82, 2.24) is 10.2 Å². The van der Waals surface area contributed by atoms with Crippen molar-refractivity contribution >= 4 is 46.2 Å². The maximum absolute atomic E-state index is 12.5. The van der Waals surface area contributed by atoms with E-state index in [2.05, 4.69) is 5.32 Å². The number of hydrogen-bond donors (Lipinski definition) is 1. The first kappa shape index (κ1) is 19.2. The summed E-state index contributed by atoms with van der Waals surface area (Å²) >= 11 is 2.44. The molecule has 8 heteroatoms. The lowest BCUT2D eigenvalue weighted by atomic mass is 10.2. The van der Waals surface area contributed by atoms with Crippen LogP contribution in [0.4, 0.5) is 4.79 Å². The number of thioether (sulfide) groups is 1. The van der Waals surface area contributed by atoms with Crippen LogP contribution in [-0.2, 0) is 16.0 Å². The molecular formula is C19H18N2O4S2. The van der Waals surface area contributed by atoms with Gasteiger partial charge in [0, 0.05) is 13.1 Å². The van der Waals surface area contributed by atoms with Crippen LogP contribution in [0.2, 0.25) is 0 Å². The summed E-state index contributed by atoms with van der Waals surface area (Å²) in [7, 11) is 1.58. The smallest absolute Gasteiger partial charge is 0.293 e. The predicted octanol–water partition coefficient (Wildman–Crippen LogP) is 3.15. The number of nitrogens with zero attached hydrogens (tertiary/aromatic N) is 1. The molecule has 0 saturated carbocycles. The summed E-state index contributed by atoms with van der Waals surface area (Å²) in [5.74, 6) is 0.250. The Morgan fingerprint density at radius 1 is 1.22 bits per heavy atom. The monoisotopic (exact) mass is 402 g/mol. The molecule has 2 aromatic rings. The number of methoxy groups -OCH3 is 1. The molecule has 0 bridgehead atoms. The highest BCUT2D eigenvalue weighted by molar-refractivity contribution is 8.18. The number of rotatable bonds is 7. The second kappa shape index (κ2) is 8.88. The van der Waals surface area contributed by atoms with Gasteiger partial charge in [0.15, 0.2) is 0 Å². The van der Waals surface area contributed by atoms with E-state index in [0.717, 1.165) is 33.5 Å². The fourth-order valence-corrected chi connectivity index (χ4v) is 4.03. The Balaban J connectivity index is 1.54. The molecule has 140 valence electrons. The lowest BCUT2D eigenvalue weighted by Crippen LogP contribution is -2.37. The first-order valence-electron chi connectivity index (χ1n) is 8.24. The van der Waals surface area contributed by atoms with Gasteiger partial charge in [0.2, 0.25) is 5.91 Å². The Morgan fingerprint density at radius 2 is 2.00 bits per heavy atom. The van der Waals surface area contributed by atoms with E-state index >= 15 is 0 Å². The number of benzene rings is 1. The Bertz CT molecular complexity index is 860. The van der Waals surface area contributed by atoms with Crippen LogP contribution in [0.3, 0.4) is 0 Å². The summed E-state index contributed by atoms with van der Waals surface area (Å²) in [6.07, 6.45) is 1.97. The Morgan fingerprint density at radius 3 is 2.67 bits per heavy atom. The summed E-state index contributed by atoms with van der Waals surface area (Å²) in [5.41, 5.74) is 1.76. The molecule has 1 aliphatic heterocycles. The minimum Gasteiger partial charge on any atom is -0.497 e. The zero-order chi connectivity index (χ0) is 19.2. The van der Waals surface area contributed by atoms with E-state index in [1.165, 1.54) is 11.3 Å².